The molecule has 0 rings (SSSR count). The lowest BCUT2D eigenvalue weighted by Gasteiger charge is -2.40. The van der Waals surface area contributed by atoms with Gasteiger partial charge in [0.1, 0.15) is 24.2 Å². The lowest BCUT2D eigenvalue weighted by Crippen LogP contribution is -2.63. The first-order chi connectivity index (χ1) is 20.9. The van der Waals surface area contributed by atoms with Crippen LogP contribution in [-0.4, -0.2) is 108 Å². The number of carbonyl (C=O) groups excluding carboxylic acids is 5. The van der Waals surface area contributed by atoms with Crippen LogP contribution in [0, 0.1) is 23.7 Å². The van der Waals surface area contributed by atoms with Gasteiger partial charge in [-0.05, 0) is 49.9 Å². The fraction of sp³-hybridized carbons (Fsp3) is 0.794. The van der Waals surface area contributed by atoms with E-state index in [2.05, 4.69) is 10.6 Å². The van der Waals surface area contributed by atoms with Crippen molar-refractivity contribution < 1.29 is 29.1 Å². The van der Waals surface area contributed by atoms with E-state index < -0.39 is 48.0 Å². The molecule has 0 aromatic carbocycles. The van der Waals surface area contributed by atoms with E-state index in [-0.39, 0.29) is 35.5 Å². The first-order valence-corrected chi connectivity index (χ1v) is 16.5. The van der Waals surface area contributed by atoms with Gasteiger partial charge in [0, 0.05) is 34.6 Å². The Morgan fingerprint density at radius 1 is 0.800 bits per heavy atom. The van der Waals surface area contributed by atoms with Crippen LogP contribution in [0.25, 0.3) is 0 Å². The predicted molar refractivity (Wildman–Crippen MR) is 179 cm³/mol. The third-order valence-electron chi connectivity index (χ3n) is 8.21. The van der Waals surface area contributed by atoms with Gasteiger partial charge in [0.05, 0.1) is 6.10 Å². The molecular formula is C34H63N5O6. The zero-order chi connectivity index (χ0) is 35.2. The standard InChI is InChI=1S/C34H63N5O6/c1-14-16-18-24(9)30(41)29(32(43)36-25(17-15-2)31(42)35-10)39(13)34(45)28(23(7)8)38(12)33(44)26(19-21(3)4)37(11)27(40)20-22(5)6/h14,16,21-26,28-30,41H,15,17-20H2,1-13H3,(H,35,42)(H,36,43)/b16-14+/t24-,25+,26+,28+,29+,30-/m1/s1. The molecule has 3 N–H and O–H groups in total. The molecule has 0 aromatic rings. The highest BCUT2D eigenvalue weighted by molar-refractivity contribution is 5.95. The summed E-state index contributed by atoms with van der Waals surface area (Å²) in [6.07, 6.45) is 4.67. The number of rotatable bonds is 19. The number of carbonyl (C=O) groups is 5. The van der Waals surface area contributed by atoms with Crippen LogP contribution in [0.5, 0.6) is 0 Å². The van der Waals surface area contributed by atoms with Gasteiger partial charge in [-0.3, -0.25) is 24.0 Å². The molecule has 0 radical (unpaired) electrons. The third kappa shape index (κ3) is 12.8. The Kier molecular flexibility index (Phi) is 18.9. The van der Waals surface area contributed by atoms with Gasteiger partial charge in [-0.25, -0.2) is 0 Å². The number of aliphatic hydroxyl groups is 1. The average molecular weight is 638 g/mol. The van der Waals surface area contributed by atoms with Gasteiger partial charge in [0.25, 0.3) is 0 Å². The van der Waals surface area contributed by atoms with Gasteiger partial charge >= 0.3 is 0 Å². The molecule has 0 aliphatic rings. The SMILES string of the molecule is C/C=C/C[C@@H](C)[C@@H](O)[C@@H](C(=O)N[C@@H](CCC)C(=O)NC)N(C)C(=O)[C@H](C(C)C)N(C)C(=O)[C@H](CC(C)C)N(C)C(=O)CC(C)C. The van der Waals surface area contributed by atoms with Gasteiger partial charge in [-0.1, -0.05) is 74.0 Å². The van der Waals surface area contributed by atoms with Crippen LogP contribution < -0.4 is 10.6 Å². The summed E-state index contributed by atoms with van der Waals surface area (Å²) in [4.78, 5) is 71.7. The second-order valence-corrected chi connectivity index (χ2v) is 13.5. The maximum atomic E-state index is 14.3. The third-order valence-corrected chi connectivity index (χ3v) is 8.21. The smallest absolute Gasteiger partial charge is 0.246 e. The summed E-state index contributed by atoms with van der Waals surface area (Å²) >= 11 is 0. The van der Waals surface area contributed by atoms with Crippen molar-refractivity contribution in [3.05, 3.63) is 12.2 Å². The highest BCUT2D eigenvalue weighted by Crippen LogP contribution is 2.23. The largest absolute Gasteiger partial charge is 0.390 e. The fourth-order valence-corrected chi connectivity index (χ4v) is 5.50. The van der Waals surface area contributed by atoms with Crippen LogP contribution in [0.15, 0.2) is 12.2 Å². The summed E-state index contributed by atoms with van der Waals surface area (Å²) in [6.45, 7) is 17.0. The van der Waals surface area contributed by atoms with Crippen molar-refractivity contribution in [3.63, 3.8) is 0 Å². The summed E-state index contributed by atoms with van der Waals surface area (Å²) < 4.78 is 0. The van der Waals surface area contributed by atoms with E-state index >= 15 is 0 Å². The maximum Gasteiger partial charge on any atom is 0.246 e. The number of likely N-dealkylation sites (N-methyl/N-ethyl adjacent to an activating group) is 4. The van der Waals surface area contributed by atoms with Crippen LogP contribution in [0.3, 0.4) is 0 Å². The monoisotopic (exact) mass is 637 g/mol. The van der Waals surface area contributed by atoms with Crippen molar-refractivity contribution in [1.82, 2.24) is 25.3 Å². The van der Waals surface area contributed by atoms with Crippen LogP contribution >= 0.6 is 0 Å². The number of nitrogens with one attached hydrogen (secondary N) is 2. The van der Waals surface area contributed by atoms with Crippen LogP contribution in [-0.2, 0) is 24.0 Å². The normalized spacial score (nSPS) is 15.8. The van der Waals surface area contributed by atoms with Gasteiger partial charge in [0.15, 0.2) is 0 Å². The molecule has 0 fully saturated rings. The molecule has 0 bridgehead atoms. The molecule has 5 amide bonds. The summed E-state index contributed by atoms with van der Waals surface area (Å²) in [5.74, 6) is -2.58. The zero-order valence-electron chi connectivity index (χ0n) is 30.2. The lowest BCUT2D eigenvalue weighted by molar-refractivity contribution is -0.156. The summed E-state index contributed by atoms with van der Waals surface area (Å²) in [5, 5.41) is 16.8. The van der Waals surface area contributed by atoms with Crippen molar-refractivity contribution in [2.75, 3.05) is 28.2 Å². The molecule has 0 unspecified atom stereocenters. The molecule has 45 heavy (non-hydrogen) atoms. The van der Waals surface area contributed by atoms with Gasteiger partial charge in [0.2, 0.25) is 29.5 Å². The molecule has 0 saturated carbocycles. The molecule has 0 spiro atoms. The number of hydrogen-bond donors (Lipinski definition) is 3. The Morgan fingerprint density at radius 3 is 1.80 bits per heavy atom. The first-order valence-electron chi connectivity index (χ1n) is 16.5. The van der Waals surface area contributed by atoms with Gasteiger partial charge < -0.3 is 30.4 Å². The molecular weight excluding hydrogens is 574 g/mol. The maximum absolute atomic E-state index is 14.3. The number of amides is 5. The fourth-order valence-electron chi connectivity index (χ4n) is 5.50. The van der Waals surface area contributed by atoms with Gasteiger partial charge in [-0.2, -0.15) is 0 Å². The molecule has 0 aromatic heterocycles. The Bertz CT molecular complexity index is 998. The minimum Gasteiger partial charge on any atom is -0.390 e. The minimum absolute atomic E-state index is 0.107. The molecule has 6 atom stereocenters. The van der Waals surface area contributed by atoms with Gasteiger partial charge in [-0.15, -0.1) is 0 Å². The van der Waals surface area contributed by atoms with E-state index in [9.17, 15) is 29.1 Å². The summed E-state index contributed by atoms with van der Waals surface area (Å²) in [5.41, 5.74) is 0. The van der Waals surface area contributed by atoms with E-state index in [0.717, 1.165) is 0 Å². The van der Waals surface area contributed by atoms with Crippen molar-refractivity contribution in [3.8, 4) is 0 Å². The number of hydrogen-bond acceptors (Lipinski definition) is 6. The number of allylic oxidation sites excluding steroid dienone is 2. The topological polar surface area (TPSA) is 139 Å². The predicted octanol–water partition coefficient (Wildman–Crippen LogP) is 3.21. The van der Waals surface area contributed by atoms with E-state index in [1.807, 2.05) is 67.5 Å². The summed E-state index contributed by atoms with van der Waals surface area (Å²) in [7, 11) is 6.11. The molecule has 0 aliphatic carbocycles. The van der Waals surface area contributed by atoms with Crippen molar-refractivity contribution in [2.24, 2.45) is 23.7 Å². The van der Waals surface area contributed by atoms with Crippen LogP contribution in [0.1, 0.15) is 94.4 Å². The summed E-state index contributed by atoms with van der Waals surface area (Å²) in [6, 6.07) is -3.91. The quantitative estimate of drug-likeness (QED) is 0.186. The van der Waals surface area contributed by atoms with Crippen molar-refractivity contribution in [2.45, 2.75) is 125 Å². The molecule has 11 nitrogen and oxygen atoms in total. The van der Waals surface area contributed by atoms with E-state index in [0.29, 0.717) is 32.1 Å². The number of aliphatic hydroxyl groups excluding tert-OH is 1. The Morgan fingerprint density at radius 2 is 1.36 bits per heavy atom. The van der Waals surface area contributed by atoms with E-state index in [1.165, 1.54) is 28.8 Å². The van der Waals surface area contributed by atoms with Crippen LogP contribution in [0.2, 0.25) is 0 Å². The first kappa shape index (κ1) is 42.0. The molecule has 11 heteroatoms. The molecule has 260 valence electrons. The van der Waals surface area contributed by atoms with Crippen molar-refractivity contribution in [1.29, 1.82) is 0 Å². The highest BCUT2D eigenvalue weighted by atomic mass is 16.3. The lowest BCUT2D eigenvalue weighted by atomic mass is 9.91. The molecule has 0 saturated heterocycles. The second kappa shape index (κ2) is 20.2. The zero-order valence-corrected chi connectivity index (χ0v) is 30.2. The average Bonchev–Trinajstić information content (AvgIpc) is 2.96. The molecule has 0 heterocycles. The van der Waals surface area contributed by atoms with E-state index in [1.54, 1.807) is 21.0 Å². The Labute approximate surface area is 272 Å². The Hall–Kier alpha value is -2.95. The minimum atomic E-state index is -1.33. The molecule has 0 aliphatic heterocycles. The van der Waals surface area contributed by atoms with Crippen molar-refractivity contribution >= 4 is 29.5 Å². The second-order valence-electron chi connectivity index (χ2n) is 13.5. The number of nitrogens with zero attached hydrogens (tertiary/aromatic N) is 3. The highest BCUT2D eigenvalue weighted by Gasteiger charge is 2.43. The Balaban J connectivity index is 6.65. The van der Waals surface area contributed by atoms with Crippen LogP contribution in [0.4, 0.5) is 0 Å². The van der Waals surface area contributed by atoms with E-state index in [4.69, 9.17) is 0 Å².